The van der Waals surface area contributed by atoms with E-state index in [0.717, 1.165) is 0 Å². The highest BCUT2D eigenvalue weighted by Gasteiger charge is 2.08. The van der Waals surface area contributed by atoms with Gasteiger partial charge in [-0.3, -0.25) is 5.32 Å². The topological polar surface area (TPSA) is 67.8 Å². The van der Waals surface area contributed by atoms with Gasteiger partial charge < -0.3 is 14.6 Å². The lowest BCUT2D eigenvalue weighted by Crippen LogP contribution is -2.13. The summed E-state index contributed by atoms with van der Waals surface area (Å²) in [5, 5.41) is 12.1. The highest BCUT2D eigenvalue weighted by atomic mass is 16.5. The maximum absolute atomic E-state index is 11.3. The van der Waals surface area contributed by atoms with Gasteiger partial charge in [0.25, 0.3) is 0 Å². The van der Waals surface area contributed by atoms with Gasteiger partial charge in [-0.1, -0.05) is 18.2 Å². The van der Waals surface area contributed by atoms with E-state index in [1.54, 1.807) is 13.0 Å². The summed E-state index contributed by atoms with van der Waals surface area (Å²) in [4.78, 5) is 11.3. The molecule has 0 heterocycles. The molecule has 0 atom stereocenters. The highest BCUT2D eigenvalue weighted by molar-refractivity contribution is 5.87. The molecule has 2 rings (SSSR count). The summed E-state index contributed by atoms with van der Waals surface area (Å²) in [5.74, 6) is 1.11. The van der Waals surface area contributed by atoms with E-state index in [4.69, 9.17) is 9.47 Å². The molecule has 20 heavy (non-hydrogen) atoms. The molecule has 0 fully saturated rings. The van der Waals surface area contributed by atoms with E-state index in [1.807, 2.05) is 30.3 Å². The zero-order valence-electron chi connectivity index (χ0n) is 11.0. The first-order chi connectivity index (χ1) is 9.69. The van der Waals surface area contributed by atoms with E-state index in [1.165, 1.54) is 12.1 Å². The number of hydrogen-bond donors (Lipinski definition) is 2. The van der Waals surface area contributed by atoms with Crippen molar-refractivity contribution in [2.75, 3.05) is 11.9 Å². The number of para-hydroxylation sites is 1. The van der Waals surface area contributed by atoms with Gasteiger partial charge >= 0.3 is 6.09 Å². The number of rotatable bonds is 4. The van der Waals surface area contributed by atoms with Gasteiger partial charge in [0.05, 0.1) is 12.3 Å². The molecule has 5 nitrogen and oxygen atoms in total. The van der Waals surface area contributed by atoms with Gasteiger partial charge in [-0.2, -0.15) is 0 Å². The Balaban J connectivity index is 2.14. The predicted octanol–water partition coefficient (Wildman–Crippen LogP) is 3.75. The van der Waals surface area contributed by atoms with Crippen LogP contribution in [0.2, 0.25) is 0 Å². The van der Waals surface area contributed by atoms with Crippen LogP contribution in [0.25, 0.3) is 0 Å². The zero-order valence-corrected chi connectivity index (χ0v) is 11.0. The van der Waals surface area contributed by atoms with Crippen molar-refractivity contribution in [1.82, 2.24) is 0 Å². The lowest BCUT2D eigenvalue weighted by molar-refractivity contribution is 0.168. The van der Waals surface area contributed by atoms with Crippen molar-refractivity contribution in [3.05, 3.63) is 48.5 Å². The maximum Gasteiger partial charge on any atom is 0.411 e. The molecule has 0 saturated heterocycles. The van der Waals surface area contributed by atoms with Crippen molar-refractivity contribution in [3.63, 3.8) is 0 Å². The molecule has 2 aromatic rings. The van der Waals surface area contributed by atoms with Gasteiger partial charge in [0.2, 0.25) is 0 Å². The number of hydrogen-bond acceptors (Lipinski definition) is 4. The van der Waals surface area contributed by atoms with Crippen molar-refractivity contribution < 1.29 is 19.4 Å². The number of amides is 1. The van der Waals surface area contributed by atoms with Crippen molar-refractivity contribution >= 4 is 11.8 Å². The molecular weight excluding hydrogens is 258 g/mol. The van der Waals surface area contributed by atoms with Crippen molar-refractivity contribution in [3.8, 4) is 17.2 Å². The number of benzene rings is 2. The molecule has 0 bridgehead atoms. The number of anilines is 1. The third-order valence-electron chi connectivity index (χ3n) is 2.46. The average Bonchev–Trinajstić information content (AvgIpc) is 2.44. The van der Waals surface area contributed by atoms with E-state index >= 15 is 0 Å². The maximum atomic E-state index is 11.3. The Kier molecular flexibility index (Phi) is 4.44. The Hall–Kier alpha value is -2.69. The number of carbonyl (C=O) groups is 1. The Labute approximate surface area is 116 Å². The lowest BCUT2D eigenvalue weighted by atomic mass is 10.2. The molecule has 0 saturated carbocycles. The second-order valence-electron chi connectivity index (χ2n) is 3.94. The van der Waals surface area contributed by atoms with Crippen LogP contribution in [0, 0.1) is 0 Å². The third kappa shape index (κ3) is 3.65. The fraction of sp³-hybridized carbons (Fsp3) is 0.133. The molecule has 0 aliphatic carbocycles. The molecule has 5 heteroatoms. The standard InChI is InChI=1S/C15H15NO4/c1-2-19-15(18)16-13-10-12(8-9-14(13)17)20-11-6-4-3-5-7-11/h3-10,17H,2H2,1H3,(H,16,18). The van der Waals surface area contributed by atoms with Crippen LogP contribution in [-0.2, 0) is 4.74 Å². The number of ether oxygens (including phenoxy) is 2. The minimum absolute atomic E-state index is 0.0570. The third-order valence-corrected chi connectivity index (χ3v) is 2.46. The minimum Gasteiger partial charge on any atom is -0.506 e. The highest BCUT2D eigenvalue weighted by Crippen LogP contribution is 2.30. The van der Waals surface area contributed by atoms with E-state index in [-0.39, 0.29) is 18.0 Å². The summed E-state index contributed by atoms with van der Waals surface area (Å²) in [5.41, 5.74) is 0.233. The van der Waals surface area contributed by atoms with Gasteiger partial charge in [-0.25, -0.2) is 4.79 Å². The molecular formula is C15H15NO4. The lowest BCUT2D eigenvalue weighted by Gasteiger charge is -2.10. The molecule has 0 radical (unpaired) electrons. The summed E-state index contributed by atoms with van der Waals surface area (Å²) in [6.45, 7) is 1.96. The second kappa shape index (κ2) is 6.47. The fourth-order valence-corrected chi connectivity index (χ4v) is 1.58. The molecule has 0 aliphatic rings. The van der Waals surface area contributed by atoms with Crippen molar-refractivity contribution in [2.24, 2.45) is 0 Å². The molecule has 2 aromatic carbocycles. The normalized spacial score (nSPS) is 9.85. The van der Waals surface area contributed by atoms with Crippen molar-refractivity contribution in [2.45, 2.75) is 6.92 Å². The van der Waals surface area contributed by atoms with Gasteiger partial charge in [0.1, 0.15) is 17.2 Å². The molecule has 2 N–H and O–H groups in total. The van der Waals surface area contributed by atoms with E-state index < -0.39 is 6.09 Å². The number of phenolic OH excluding ortho intramolecular Hbond substituents is 1. The molecule has 0 aliphatic heterocycles. The molecule has 0 spiro atoms. The van der Waals surface area contributed by atoms with Crippen LogP contribution >= 0.6 is 0 Å². The quantitative estimate of drug-likeness (QED) is 0.832. The summed E-state index contributed by atoms with van der Waals surface area (Å²) < 4.78 is 10.4. The monoisotopic (exact) mass is 273 g/mol. The van der Waals surface area contributed by atoms with E-state index in [2.05, 4.69) is 5.32 Å². The first kappa shape index (κ1) is 13.7. The van der Waals surface area contributed by atoms with Gasteiger partial charge in [-0.05, 0) is 31.2 Å². The predicted molar refractivity (Wildman–Crippen MR) is 75.3 cm³/mol. The fourth-order valence-electron chi connectivity index (χ4n) is 1.58. The summed E-state index contributed by atoms with van der Waals surface area (Å²) in [7, 11) is 0. The van der Waals surface area contributed by atoms with Crippen molar-refractivity contribution in [1.29, 1.82) is 0 Å². The smallest absolute Gasteiger partial charge is 0.411 e. The Bertz CT molecular complexity index is 584. The van der Waals surface area contributed by atoms with Crippen LogP contribution < -0.4 is 10.1 Å². The molecule has 104 valence electrons. The van der Waals surface area contributed by atoms with Crippen LogP contribution in [0.1, 0.15) is 6.92 Å². The van der Waals surface area contributed by atoms with Crippen LogP contribution in [0.3, 0.4) is 0 Å². The Morgan fingerprint density at radius 2 is 1.90 bits per heavy atom. The van der Waals surface area contributed by atoms with Crippen LogP contribution in [0.5, 0.6) is 17.2 Å². The second-order valence-corrected chi connectivity index (χ2v) is 3.94. The summed E-state index contributed by atoms with van der Waals surface area (Å²) in [6, 6.07) is 13.8. The molecule has 0 unspecified atom stereocenters. The van der Waals surface area contributed by atoms with Gasteiger partial charge in [0, 0.05) is 6.07 Å². The first-order valence-electron chi connectivity index (χ1n) is 6.18. The van der Waals surface area contributed by atoms with Crippen LogP contribution in [0.15, 0.2) is 48.5 Å². The number of carbonyl (C=O) groups excluding carboxylic acids is 1. The van der Waals surface area contributed by atoms with E-state index in [0.29, 0.717) is 11.5 Å². The molecule has 0 aromatic heterocycles. The number of aromatic hydroxyl groups is 1. The summed E-state index contributed by atoms with van der Waals surface area (Å²) in [6.07, 6.45) is -0.625. The zero-order chi connectivity index (χ0) is 14.4. The van der Waals surface area contributed by atoms with Crippen LogP contribution in [0.4, 0.5) is 10.5 Å². The Morgan fingerprint density at radius 1 is 1.15 bits per heavy atom. The van der Waals surface area contributed by atoms with E-state index in [9.17, 15) is 9.90 Å². The van der Waals surface area contributed by atoms with Crippen LogP contribution in [-0.4, -0.2) is 17.8 Å². The number of phenols is 1. The van der Waals surface area contributed by atoms with Gasteiger partial charge in [0.15, 0.2) is 0 Å². The van der Waals surface area contributed by atoms with Gasteiger partial charge in [-0.15, -0.1) is 0 Å². The Morgan fingerprint density at radius 3 is 2.60 bits per heavy atom. The minimum atomic E-state index is -0.625. The average molecular weight is 273 g/mol. The summed E-state index contributed by atoms with van der Waals surface area (Å²) >= 11 is 0. The largest absolute Gasteiger partial charge is 0.506 e. The number of nitrogens with one attached hydrogen (secondary N) is 1. The SMILES string of the molecule is CCOC(=O)Nc1cc(Oc2ccccc2)ccc1O. The molecule has 1 amide bonds. The first-order valence-corrected chi connectivity index (χ1v) is 6.18.